The van der Waals surface area contributed by atoms with Gasteiger partial charge in [-0.1, -0.05) is 37.5 Å². The van der Waals surface area contributed by atoms with Crippen LogP contribution in [-0.2, 0) is 0 Å². The fourth-order valence-corrected chi connectivity index (χ4v) is 3.88. The van der Waals surface area contributed by atoms with Crippen LogP contribution < -0.4 is 11.3 Å². The van der Waals surface area contributed by atoms with Gasteiger partial charge >= 0.3 is 0 Å². The number of benzene rings is 2. The smallest absolute Gasteiger partial charge is 0.279 e. The van der Waals surface area contributed by atoms with Crippen molar-refractivity contribution < 1.29 is 4.79 Å². The molecule has 4 rings (SSSR count). The number of para-hydroxylation sites is 1. The molecule has 3 aromatic rings. The van der Waals surface area contributed by atoms with Crippen LogP contribution in [0.1, 0.15) is 48.5 Å². The summed E-state index contributed by atoms with van der Waals surface area (Å²) in [7, 11) is 0. The Labute approximate surface area is 145 Å². The van der Waals surface area contributed by atoms with Gasteiger partial charge in [-0.2, -0.15) is 0 Å². The Morgan fingerprint density at radius 1 is 1.00 bits per heavy atom. The van der Waals surface area contributed by atoms with Crippen LogP contribution in [0.5, 0.6) is 0 Å². The summed E-state index contributed by atoms with van der Waals surface area (Å²) in [6.45, 7) is 0. The summed E-state index contributed by atoms with van der Waals surface area (Å²) >= 11 is 0. The zero-order chi connectivity index (χ0) is 17.4. The fourth-order valence-electron chi connectivity index (χ4n) is 3.88. The first-order chi connectivity index (χ1) is 12.2. The molecule has 0 spiro atoms. The monoisotopic (exact) mass is 335 g/mol. The Kier molecular flexibility index (Phi) is 3.92. The lowest BCUT2D eigenvalue weighted by atomic mass is 9.95. The molecule has 1 aliphatic carbocycles. The van der Waals surface area contributed by atoms with E-state index >= 15 is 0 Å². The highest BCUT2D eigenvalue weighted by molar-refractivity contribution is 5.97. The highest BCUT2D eigenvalue weighted by atomic mass is 16.1. The third-order valence-corrected chi connectivity index (χ3v) is 5.09. The SMILES string of the molecule is NC(=O)c1ccc2c(c1)c(=O)n(-c1ccccc1)n2C1CCCCC1. The van der Waals surface area contributed by atoms with Gasteiger partial charge in [-0.3, -0.25) is 14.3 Å². The second-order valence-electron chi connectivity index (χ2n) is 6.69. The van der Waals surface area contributed by atoms with Crippen molar-refractivity contribution in [3.8, 4) is 5.69 Å². The molecule has 5 nitrogen and oxygen atoms in total. The number of amides is 1. The van der Waals surface area contributed by atoms with Gasteiger partial charge in [0.2, 0.25) is 5.91 Å². The molecule has 1 aliphatic rings. The summed E-state index contributed by atoms with van der Waals surface area (Å²) in [6.07, 6.45) is 5.72. The van der Waals surface area contributed by atoms with E-state index in [4.69, 9.17) is 5.73 Å². The van der Waals surface area contributed by atoms with E-state index in [-0.39, 0.29) is 5.56 Å². The van der Waals surface area contributed by atoms with Gasteiger partial charge in [0.05, 0.1) is 22.6 Å². The highest BCUT2D eigenvalue weighted by Crippen LogP contribution is 2.31. The number of nitrogens with zero attached hydrogens (tertiary/aromatic N) is 2. The van der Waals surface area contributed by atoms with Crippen LogP contribution in [0.25, 0.3) is 16.6 Å². The molecule has 5 heteroatoms. The second-order valence-corrected chi connectivity index (χ2v) is 6.69. The van der Waals surface area contributed by atoms with E-state index in [0.717, 1.165) is 24.0 Å². The lowest BCUT2D eigenvalue weighted by Crippen LogP contribution is -2.25. The summed E-state index contributed by atoms with van der Waals surface area (Å²) in [5, 5.41) is 0.547. The van der Waals surface area contributed by atoms with Gasteiger partial charge in [-0.25, -0.2) is 4.68 Å². The molecule has 2 aromatic carbocycles. The van der Waals surface area contributed by atoms with E-state index in [2.05, 4.69) is 4.68 Å². The van der Waals surface area contributed by atoms with E-state index in [1.54, 1.807) is 16.8 Å². The molecule has 1 amide bonds. The summed E-state index contributed by atoms with van der Waals surface area (Å²) in [5.41, 5.74) is 7.37. The van der Waals surface area contributed by atoms with Crippen molar-refractivity contribution in [1.82, 2.24) is 9.36 Å². The predicted molar refractivity (Wildman–Crippen MR) is 98.2 cm³/mol. The van der Waals surface area contributed by atoms with Crippen LogP contribution in [0, 0.1) is 0 Å². The van der Waals surface area contributed by atoms with Crippen LogP contribution in [0.2, 0.25) is 0 Å². The first kappa shape index (κ1) is 15.7. The van der Waals surface area contributed by atoms with Crippen LogP contribution in [0.4, 0.5) is 0 Å². The maximum absolute atomic E-state index is 13.2. The standard InChI is InChI=1S/C20H21N3O2/c21-19(24)14-11-12-18-17(13-14)20(25)23(16-9-5-2-6-10-16)22(18)15-7-3-1-4-8-15/h2,5-6,9-13,15H,1,3-4,7-8H2,(H2,21,24). The number of carbonyl (C=O) groups is 1. The average molecular weight is 335 g/mol. The Balaban J connectivity index is 2.02. The number of aromatic nitrogens is 2. The molecule has 0 aliphatic heterocycles. The summed E-state index contributed by atoms with van der Waals surface area (Å²) in [5.74, 6) is -0.516. The summed E-state index contributed by atoms with van der Waals surface area (Å²) in [6, 6.07) is 15.1. The topological polar surface area (TPSA) is 70.0 Å². The third-order valence-electron chi connectivity index (χ3n) is 5.09. The van der Waals surface area contributed by atoms with Crippen molar-refractivity contribution >= 4 is 16.8 Å². The minimum absolute atomic E-state index is 0.102. The van der Waals surface area contributed by atoms with Crippen LogP contribution in [0.3, 0.4) is 0 Å². The largest absolute Gasteiger partial charge is 0.366 e. The lowest BCUT2D eigenvalue weighted by Gasteiger charge is -2.26. The highest BCUT2D eigenvalue weighted by Gasteiger charge is 2.23. The molecule has 2 N–H and O–H groups in total. The Hall–Kier alpha value is -2.82. The number of hydrogen-bond acceptors (Lipinski definition) is 2. The Morgan fingerprint density at radius 3 is 2.40 bits per heavy atom. The molecule has 0 radical (unpaired) electrons. The normalized spacial score (nSPS) is 15.5. The third kappa shape index (κ3) is 2.65. The molecule has 0 atom stereocenters. The average Bonchev–Trinajstić information content (AvgIpc) is 2.95. The summed E-state index contributed by atoms with van der Waals surface area (Å²) < 4.78 is 3.88. The molecule has 1 heterocycles. The molecule has 1 fully saturated rings. The van der Waals surface area contributed by atoms with Gasteiger partial charge < -0.3 is 5.73 Å². The van der Waals surface area contributed by atoms with E-state index < -0.39 is 5.91 Å². The van der Waals surface area contributed by atoms with Crippen molar-refractivity contribution in [2.45, 2.75) is 38.1 Å². The molecule has 0 saturated heterocycles. The molecule has 25 heavy (non-hydrogen) atoms. The zero-order valence-corrected chi connectivity index (χ0v) is 14.0. The minimum Gasteiger partial charge on any atom is -0.366 e. The molecular formula is C20H21N3O2. The number of primary amides is 1. The Bertz CT molecular complexity index is 979. The van der Waals surface area contributed by atoms with Gasteiger partial charge in [0.1, 0.15) is 0 Å². The van der Waals surface area contributed by atoms with Gasteiger partial charge in [0.15, 0.2) is 0 Å². The first-order valence-corrected chi connectivity index (χ1v) is 8.79. The van der Waals surface area contributed by atoms with E-state index in [1.807, 2.05) is 36.4 Å². The van der Waals surface area contributed by atoms with Crippen molar-refractivity contribution in [1.29, 1.82) is 0 Å². The number of hydrogen-bond donors (Lipinski definition) is 1. The molecule has 1 saturated carbocycles. The maximum Gasteiger partial charge on any atom is 0.279 e. The van der Waals surface area contributed by atoms with Gasteiger partial charge in [0, 0.05) is 5.56 Å². The van der Waals surface area contributed by atoms with Crippen LogP contribution >= 0.6 is 0 Å². The fraction of sp³-hybridized carbons (Fsp3) is 0.300. The lowest BCUT2D eigenvalue weighted by molar-refractivity contribution is 0.100. The molecule has 0 unspecified atom stereocenters. The Morgan fingerprint density at radius 2 is 1.72 bits per heavy atom. The summed E-state index contributed by atoms with van der Waals surface area (Å²) in [4.78, 5) is 24.7. The van der Waals surface area contributed by atoms with Gasteiger partial charge in [-0.15, -0.1) is 0 Å². The molecule has 1 aromatic heterocycles. The van der Waals surface area contributed by atoms with Crippen LogP contribution in [-0.4, -0.2) is 15.3 Å². The molecule has 0 bridgehead atoms. The van der Waals surface area contributed by atoms with E-state index in [1.165, 1.54) is 19.3 Å². The second kappa shape index (κ2) is 6.24. The van der Waals surface area contributed by atoms with Crippen molar-refractivity contribution in [2.75, 3.05) is 0 Å². The number of nitrogens with two attached hydrogens (primary N) is 1. The van der Waals surface area contributed by atoms with Gasteiger partial charge in [0.25, 0.3) is 5.56 Å². The first-order valence-electron chi connectivity index (χ1n) is 8.79. The number of fused-ring (bicyclic) bond motifs is 1. The predicted octanol–water partition coefficient (Wildman–Crippen LogP) is 3.40. The maximum atomic E-state index is 13.2. The molecular weight excluding hydrogens is 314 g/mol. The zero-order valence-electron chi connectivity index (χ0n) is 14.0. The number of carbonyl (C=O) groups excluding carboxylic acids is 1. The number of rotatable bonds is 3. The molecule has 128 valence electrons. The quantitative estimate of drug-likeness (QED) is 0.797. The van der Waals surface area contributed by atoms with Crippen molar-refractivity contribution in [3.05, 3.63) is 64.4 Å². The van der Waals surface area contributed by atoms with Gasteiger partial charge in [-0.05, 0) is 43.2 Å². The van der Waals surface area contributed by atoms with E-state index in [9.17, 15) is 9.59 Å². The minimum atomic E-state index is -0.516. The van der Waals surface area contributed by atoms with Crippen LogP contribution in [0.15, 0.2) is 53.3 Å². The van der Waals surface area contributed by atoms with Crippen molar-refractivity contribution in [3.63, 3.8) is 0 Å². The van der Waals surface area contributed by atoms with E-state index in [0.29, 0.717) is 17.0 Å². The van der Waals surface area contributed by atoms with Crippen molar-refractivity contribution in [2.24, 2.45) is 5.73 Å².